The summed E-state index contributed by atoms with van der Waals surface area (Å²) >= 11 is 0. The van der Waals surface area contributed by atoms with Crippen molar-refractivity contribution in [2.45, 2.75) is 32.4 Å². The number of amides is 1. The number of carbonyl (C=O) groups excluding carboxylic acids is 1. The lowest BCUT2D eigenvalue weighted by molar-refractivity contribution is 0.0648. The molecule has 1 fully saturated rings. The van der Waals surface area contributed by atoms with Gasteiger partial charge in [0, 0.05) is 18.7 Å². The number of benzene rings is 2. The number of hydrogen-bond acceptors (Lipinski definition) is 5. The Morgan fingerprint density at radius 1 is 1.10 bits per heavy atom. The number of aryl methyl sites for hydroxylation is 1. The van der Waals surface area contributed by atoms with Gasteiger partial charge in [-0.1, -0.05) is 43.3 Å². The summed E-state index contributed by atoms with van der Waals surface area (Å²) in [7, 11) is -3.19. The molecule has 30 heavy (non-hydrogen) atoms. The predicted molar refractivity (Wildman–Crippen MR) is 115 cm³/mol. The third kappa shape index (κ3) is 4.16. The molecule has 1 unspecified atom stereocenters. The monoisotopic (exact) mass is 425 g/mol. The minimum absolute atomic E-state index is 0.0533. The molecule has 4 rings (SSSR count). The number of fused-ring (bicyclic) bond motifs is 1. The maximum atomic E-state index is 13.4. The second kappa shape index (κ2) is 8.07. The quantitative estimate of drug-likeness (QED) is 0.627. The van der Waals surface area contributed by atoms with Crippen LogP contribution < -0.4 is 5.43 Å². The zero-order valence-corrected chi connectivity index (χ0v) is 17.5. The zero-order valence-electron chi connectivity index (χ0n) is 16.7. The average Bonchev–Trinajstić information content (AvgIpc) is 3.11. The molecule has 0 spiro atoms. The largest absolute Gasteiger partial charge is 0.451 e. The van der Waals surface area contributed by atoms with Gasteiger partial charge in [0.05, 0.1) is 16.9 Å². The van der Waals surface area contributed by atoms with E-state index in [1.807, 2.05) is 43.3 Å². The molecule has 7 heteroatoms. The molecule has 3 aromatic rings. The number of nitrogens with zero attached hydrogens (tertiary/aromatic N) is 1. The molecule has 1 saturated heterocycles. The van der Waals surface area contributed by atoms with Crippen LogP contribution >= 0.6 is 0 Å². The second-order valence-corrected chi connectivity index (χ2v) is 9.86. The molecule has 1 aliphatic heterocycles. The Hall–Kier alpha value is -2.93. The number of rotatable bonds is 5. The molecule has 1 aliphatic rings. The van der Waals surface area contributed by atoms with Crippen LogP contribution in [0.25, 0.3) is 11.0 Å². The number of carbonyl (C=O) groups is 1. The summed E-state index contributed by atoms with van der Waals surface area (Å²) in [6.07, 6.45) is 1.16. The molecular weight excluding hydrogens is 402 g/mol. The minimum atomic E-state index is -3.19. The Bertz CT molecular complexity index is 1250. The van der Waals surface area contributed by atoms with Gasteiger partial charge in [0.2, 0.25) is 0 Å². The van der Waals surface area contributed by atoms with Crippen molar-refractivity contribution in [1.82, 2.24) is 4.90 Å². The van der Waals surface area contributed by atoms with Crippen molar-refractivity contribution in [1.29, 1.82) is 0 Å². The Balaban J connectivity index is 1.73. The maximum absolute atomic E-state index is 13.4. The van der Waals surface area contributed by atoms with Crippen LogP contribution in [-0.2, 0) is 22.8 Å². The third-order valence-corrected chi connectivity index (χ3v) is 7.27. The molecule has 1 atom stereocenters. The third-order valence-electron chi connectivity index (χ3n) is 5.52. The van der Waals surface area contributed by atoms with Crippen LogP contribution in [0.1, 0.15) is 35.0 Å². The first kappa shape index (κ1) is 20.3. The lowest BCUT2D eigenvalue weighted by Crippen LogP contribution is -2.40. The lowest BCUT2D eigenvalue weighted by Gasteiger charge is -2.28. The Morgan fingerprint density at radius 3 is 2.53 bits per heavy atom. The first-order valence-electron chi connectivity index (χ1n) is 9.98. The summed E-state index contributed by atoms with van der Waals surface area (Å²) < 4.78 is 29.9. The first-order valence-corrected chi connectivity index (χ1v) is 11.8. The second-order valence-electron chi connectivity index (χ2n) is 7.63. The van der Waals surface area contributed by atoms with Gasteiger partial charge in [0.1, 0.15) is 5.58 Å². The average molecular weight is 426 g/mol. The van der Waals surface area contributed by atoms with Gasteiger partial charge in [-0.25, -0.2) is 8.42 Å². The van der Waals surface area contributed by atoms with Crippen LogP contribution in [0.5, 0.6) is 0 Å². The highest BCUT2D eigenvalue weighted by atomic mass is 32.2. The lowest BCUT2D eigenvalue weighted by atomic mass is 10.1. The molecular formula is C23H23NO5S. The smallest absolute Gasteiger partial charge is 0.290 e. The van der Waals surface area contributed by atoms with Crippen molar-refractivity contribution in [3.05, 3.63) is 81.7 Å². The summed E-state index contributed by atoms with van der Waals surface area (Å²) in [6, 6.07) is 15.5. The molecule has 0 saturated carbocycles. The molecule has 0 radical (unpaired) electrons. The van der Waals surface area contributed by atoms with E-state index in [2.05, 4.69) is 0 Å². The highest BCUT2D eigenvalue weighted by Gasteiger charge is 2.36. The summed E-state index contributed by atoms with van der Waals surface area (Å²) in [5.74, 6) is -0.572. The van der Waals surface area contributed by atoms with Crippen molar-refractivity contribution >= 4 is 26.7 Å². The summed E-state index contributed by atoms with van der Waals surface area (Å²) in [5.41, 5.74) is 1.96. The normalized spacial score (nSPS) is 17.8. The Kier molecular flexibility index (Phi) is 5.47. The van der Waals surface area contributed by atoms with E-state index in [-0.39, 0.29) is 29.2 Å². The highest BCUT2D eigenvalue weighted by Crippen LogP contribution is 2.23. The maximum Gasteiger partial charge on any atom is 0.290 e. The van der Waals surface area contributed by atoms with Gasteiger partial charge in [-0.3, -0.25) is 9.59 Å². The van der Waals surface area contributed by atoms with Crippen molar-refractivity contribution in [3.63, 3.8) is 0 Å². The SMILES string of the molecule is CCc1ccc2oc(C(=O)N(Cc3ccccc3)C3CCS(=O)(=O)C3)cc(=O)c2c1. The van der Waals surface area contributed by atoms with Gasteiger partial charge in [0.25, 0.3) is 5.91 Å². The molecule has 0 N–H and O–H groups in total. The van der Waals surface area contributed by atoms with Crippen LogP contribution in [0.15, 0.2) is 63.8 Å². The number of sulfone groups is 1. The van der Waals surface area contributed by atoms with Crippen molar-refractivity contribution in [2.24, 2.45) is 0 Å². The molecule has 1 amide bonds. The standard InChI is InChI=1S/C23H23NO5S/c1-2-16-8-9-21-19(12-16)20(25)13-22(29-21)23(26)24(14-17-6-4-3-5-7-17)18-10-11-30(27,28)15-18/h3-9,12-13,18H,2,10-11,14-15H2,1H3. The van der Waals surface area contributed by atoms with E-state index in [1.165, 1.54) is 11.0 Å². The Labute approximate surface area is 175 Å². The van der Waals surface area contributed by atoms with Crippen LogP contribution in [-0.4, -0.2) is 36.8 Å². The fourth-order valence-electron chi connectivity index (χ4n) is 3.84. The van der Waals surface area contributed by atoms with Crippen molar-refractivity contribution < 1.29 is 17.6 Å². The molecule has 6 nitrogen and oxygen atoms in total. The molecule has 0 aliphatic carbocycles. The summed E-state index contributed by atoms with van der Waals surface area (Å²) in [5, 5.41) is 0.434. The van der Waals surface area contributed by atoms with Gasteiger partial charge >= 0.3 is 0 Å². The van der Waals surface area contributed by atoms with Crippen molar-refractivity contribution in [2.75, 3.05) is 11.5 Å². The molecule has 2 heterocycles. The van der Waals surface area contributed by atoms with Crippen molar-refractivity contribution in [3.8, 4) is 0 Å². The van der Waals surface area contributed by atoms with E-state index in [4.69, 9.17) is 4.42 Å². The summed E-state index contributed by atoms with van der Waals surface area (Å²) in [4.78, 5) is 27.5. The van der Waals surface area contributed by atoms with Gasteiger partial charge in [-0.15, -0.1) is 0 Å². The fraction of sp³-hybridized carbons (Fsp3) is 0.304. The van der Waals surface area contributed by atoms with Crippen LogP contribution in [0.2, 0.25) is 0 Å². The van der Waals surface area contributed by atoms with E-state index in [0.29, 0.717) is 17.4 Å². The van der Waals surface area contributed by atoms with Gasteiger partial charge < -0.3 is 9.32 Å². The summed E-state index contributed by atoms with van der Waals surface area (Å²) in [6.45, 7) is 2.24. The fourth-order valence-corrected chi connectivity index (χ4v) is 5.57. The van der Waals surface area contributed by atoms with Crippen LogP contribution in [0.4, 0.5) is 0 Å². The minimum Gasteiger partial charge on any atom is -0.451 e. The molecule has 156 valence electrons. The molecule has 2 aromatic carbocycles. The Morgan fingerprint density at radius 2 is 1.87 bits per heavy atom. The van der Waals surface area contributed by atoms with E-state index in [1.54, 1.807) is 12.1 Å². The van der Waals surface area contributed by atoms with E-state index in [9.17, 15) is 18.0 Å². The van der Waals surface area contributed by atoms with Gasteiger partial charge in [0.15, 0.2) is 21.0 Å². The van der Waals surface area contributed by atoms with E-state index in [0.717, 1.165) is 17.5 Å². The molecule has 1 aromatic heterocycles. The number of hydrogen-bond donors (Lipinski definition) is 0. The first-order chi connectivity index (χ1) is 14.4. The molecule has 0 bridgehead atoms. The predicted octanol–water partition coefficient (Wildman–Crippen LogP) is 3.18. The zero-order chi connectivity index (χ0) is 21.3. The van der Waals surface area contributed by atoms with Gasteiger partial charge in [-0.05, 0) is 36.1 Å². The highest BCUT2D eigenvalue weighted by molar-refractivity contribution is 7.91. The van der Waals surface area contributed by atoms with E-state index < -0.39 is 21.8 Å². The van der Waals surface area contributed by atoms with Crippen LogP contribution in [0, 0.1) is 0 Å². The van der Waals surface area contributed by atoms with Crippen LogP contribution in [0.3, 0.4) is 0 Å². The van der Waals surface area contributed by atoms with Gasteiger partial charge in [-0.2, -0.15) is 0 Å². The topological polar surface area (TPSA) is 84.7 Å². The van der Waals surface area contributed by atoms with E-state index >= 15 is 0 Å².